The van der Waals surface area contributed by atoms with Crippen molar-refractivity contribution in [2.75, 3.05) is 13.2 Å². The van der Waals surface area contributed by atoms with Crippen LogP contribution in [0, 0.1) is 0 Å². The van der Waals surface area contributed by atoms with Crippen molar-refractivity contribution in [2.45, 2.75) is 83.7 Å². The smallest absolute Gasteiger partial charge is 0.119 e. The van der Waals surface area contributed by atoms with Gasteiger partial charge in [0.25, 0.3) is 0 Å². The zero-order chi connectivity index (χ0) is 16.2. The topological polar surface area (TPSA) is 21.8 Å². The largest absolute Gasteiger partial charge is 0.491 e. The van der Waals surface area contributed by atoms with E-state index in [1.807, 2.05) is 0 Å². The maximum absolute atomic E-state index is 5.66. The van der Waals surface area contributed by atoms with Gasteiger partial charge in [0.2, 0.25) is 0 Å². The molecule has 0 radical (unpaired) electrons. The summed E-state index contributed by atoms with van der Waals surface area (Å²) in [4.78, 5) is 0. The second-order valence-electron chi connectivity index (χ2n) is 6.84. The van der Waals surface area contributed by atoms with Crippen molar-refractivity contribution in [1.82, 2.24) is 0 Å². The van der Waals surface area contributed by atoms with E-state index in [2.05, 4.69) is 31.2 Å². The Morgan fingerprint density at radius 3 is 2.00 bits per heavy atom. The Morgan fingerprint density at radius 1 is 0.870 bits per heavy atom. The Bertz CT molecular complexity index is 395. The number of hydrogen-bond acceptors (Lipinski definition) is 2. The molecule has 1 aromatic carbocycles. The van der Waals surface area contributed by atoms with Crippen LogP contribution in [0.4, 0.5) is 0 Å². The first kappa shape index (κ1) is 18.3. The van der Waals surface area contributed by atoms with E-state index in [9.17, 15) is 0 Å². The summed E-state index contributed by atoms with van der Waals surface area (Å²) in [7, 11) is 0. The third-order valence-corrected chi connectivity index (χ3v) is 4.58. The predicted octanol–water partition coefficient (Wildman–Crippen LogP) is 5.93. The van der Waals surface area contributed by atoms with Crippen LogP contribution < -0.4 is 4.74 Å². The van der Waals surface area contributed by atoms with Gasteiger partial charge in [-0.3, -0.25) is 0 Å². The summed E-state index contributed by atoms with van der Waals surface area (Å²) in [6, 6.07) is 8.59. The Hall–Kier alpha value is -1.02. The van der Waals surface area contributed by atoms with Crippen LogP contribution in [0.1, 0.15) is 76.7 Å². The maximum Gasteiger partial charge on any atom is 0.119 e. The van der Waals surface area contributed by atoms with E-state index in [0.717, 1.165) is 12.4 Å². The summed E-state index contributed by atoms with van der Waals surface area (Å²) >= 11 is 0. The molecule has 0 N–H and O–H groups in total. The van der Waals surface area contributed by atoms with E-state index in [-0.39, 0.29) is 0 Å². The van der Waals surface area contributed by atoms with Gasteiger partial charge in [-0.15, -0.1) is 0 Å². The highest BCUT2D eigenvalue weighted by Crippen LogP contribution is 2.17. The summed E-state index contributed by atoms with van der Waals surface area (Å²) in [5, 5.41) is 0. The molecule has 0 aliphatic carbocycles. The molecule has 1 fully saturated rings. The highest BCUT2D eigenvalue weighted by molar-refractivity contribution is 5.27. The van der Waals surface area contributed by atoms with Gasteiger partial charge in [-0.25, -0.2) is 0 Å². The van der Waals surface area contributed by atoms with E-state index < -0.39 is 0 Å². The zero-order valence-corrected chi connectivity index (χ0v) is 14.9. The highest BCUT2D eigenvalue weighted by Gasteiger charge is 2.22. The van der Waals surface area contributed by atoms with Crippen molar-refractivity contribution < 1.29 is 9.47 Å². The van der Waals surface area contributed by atoms with E-state index in [0.29, 0.717) is 12.7 Å². The second kappa shape index (κ2) is 11.5. The summed E-state index contributed by atoms with van der Waals surface area (Å²) in [6.45, 7) is 3.83. The number of aryl methyl sites for hydroxylation is 1. The first-order valence-electron chi connectivity index (χ1n) is 9.72. The van der Waals surface area contributed by atoms with Crippen LogP contribution in [0.25, 0.3) is 0 Å². The van der Waals surface area contributed by atoms with Crippen molar-refractivity contribution in [1.29, 1.82) is 0 Å². The maximum atomic E-state index is 5.66. The third kappa shape index (κ3) is 9.00. The van der Waals surface area contributed by atoms with Crippen LogP contribution in [0.2, 0.25) is 0 Å². The van der Waals surface area contributed by atoms with Crippen LogP contribution in [0.3, 0.4) is 0 Å². The van der Waals surface area contributed by atoms with Crippen LogP contribution in [-0.4, -0.2) is 19.3 Å². The Labute approximate surface area is 142 Å². The second-order valence-corrected chi connectivity index (χ2v) is 6.84. The average Bonchev–Trinajstić information content (AvgIpc) is 3.40. The summed E-state index contributed by atoms with van der Waals surface area (Å²) < 4.78 is 10.8. The molecule has 1 heterocycles. The van der Waals surface area contributed by atoms with Crippen LogP contribution in [0.5, 0.6) is 5.75 Å². The van der Waals surface area contributed by atoms with E-state index >= 15 is 0 Å². The molecule has 0 amide bonds. The van der Waals surface area contributed by atoms with Crippen LogP contribution in [-0.2, 0) is 11.2 Å². The minimum atomic E-state index is 0.335. The Balaban J connectivity index is 1.43. The first-order chi connectivity index (χ1) is 11.4. The van der Waals surface area contributed by atoms with Gasteiger partial charge in [-0.1, -0.05) is 76.8 Å². The lowest BCUT2D eigenvalue weighted by Gasteiger charge is -2.06. The van der Waals surface area contributed by atoms with Gasteiger partial charge in [0, 0.05) is 0 Å². The third-order valence-electron chi connectivity index (χ3n) is 4.58. The van der Waals surface area contributed by atoms with Gasteiger partial charge in [0.1, 0.15) is 18.5 Å². The molecule has 1 saturated heterocycles. The Morgan fingerprint density at radius 2 is 1.43 bits per heavy atom. The van der Waals surface area contributed by atoms with Gasteiger partial charge >= 0.3 is 0 Å². The van der Waals surface area contributed by atoms with Gasteiger partial charge in [-0.2, -0.15) is 0 Å². The molecular weight excluding hydrogens is 284 g/mol. The molecule has 1 aliphatic heterocycles. The van der Waals surface area contributed by atoms with Gasteiger partial charge < -0.3 is 9.47 Å². The fourth-order valence-corrected chi connectivity index (χ4v) is 2.92. The molecule has 2 rings (SSSR count). The number of hydrogen-bond donors (Lipinski definition) is 0. The molecular formula is C21H34O2. The molecule has 2 nitrogen and oxygen atoms in total. The zero-order valence-electron chi connectivity index (χ0n) is 14.9. The molecule has 1 aromatic rings. The molecule has 23 heavy (non-hydrogen) atoms. The SMILES string of the molecule is CCCCCCCCCCCCc1ccc(OCC2CO2)cc1. The van der Waals surface area contributed by atoms with E-state index in [1.54, 1.807) is 0 Å². The van der Waals surface area contributed by atoms with Crippen molar-refractivity contribution in [3.8, 4) is 5.75 Å². The highest BCUT2D eigenvalue weighted by atomic mass is 16.6. The molecule has 0 bridgehead atoms. The van der Waals surface area contributed by atoms with Crippen LogP contribution in [0.15, 0.2) is 24.3 Å². The minimum Gasteiger partial charge on any atom is -0.491 e. The standard InChI is InChI=1S/C21H34O2/c1-2-3-4-5-6-7-8-9-10-11-12-19-13-15-20(16-14-19)22-17-21-18-23-21/h13-16,21H,2-12,17-18H2,1H3. The van der Waals surface area contributed by atoms with E-state index in [1.165, 1.54) is 76.2 Å². The van der Waals surface area contributed by atoms with Gasteiger partial charge in [0.15, 0.2) is 0 Å². The van der Waals surface area contributed by atoms with Gasteiger partial charge in [0.05, 0.1) is 6.61 Å². The molecule has 0 aromatic heterocycles. The molecule has 1 aliphatic rings. The van der Waals surface area contributed by atoms with Crippen molar-refractivity contribution in [2.24, 2.45) is 0 Å². The molecule has 1 atom stereocenters. The molecule has 0 spiro atoms. The lowest BCUT2D eigenvalue weighted by Crippen LogP contribution is -2.03. The van der Waals surface area contributed by atoms with Crippen LogP contribution >= 0.6 is 0 Å². The number of ether oxygens (including phenoxy) is 2. The minimum absolute atomic E-state index is 0.335. The molecule has 130 valence electrons. The van der Waals surface area contributed by atoms with Crippen molar-refractivity contribution in [3.63, 3.8) is 0 Å². The number of epoxide rings is 1. The quantitative estimate of drug-likeness (QED) is 0.313. The number of unbranched alkanes of at least 4 members (excludes halogenated alkanes) is 9. The fraction of sp³-hybridized carbons (Fsp3) is 0.714. The van der Waals surface area contributed by atoms with Crippen molar-refractivity contribution in [3.05, 3.63) is 29.8 Å². The Kier molecular flexibility index (Phi) is 9.16. The lowest BCUT2D eigenvalue weighted by atomic mass is 10.0. The van der Waals surface area contributed by atoms with Gasteiger partial charge in [-0.05, 0) is 30.5 Å². The normalized spacial score (nSPS) is 16.5. The molecule has 0 saturated carbocycles. The van der Waals surface area contributed by atoms with Crippen molar-refractivity contribution >= 4 is 0 Å². The number of rotatable bonds is 14. The first-order valence-corrected chi connectivity index (χ1v) is 9.72. The monoisotopic (exact) mass is 318 g/mol. The summed E-state index contributed by atoms with van der Waals surface area (Å²) in [5.41, 5.74) is 1.43. The average molecular weight is 319 g/mol. The molecule has 2 heteroatoms. The predicted molar refractivity (Wildman–Crippen MR) is 97.2 cm³/mol. The summed E-state index contributed by atoms with van der Waals surface area (Å²) in [6.07, 6.45) is 15.5. The fourth-order valence-electron chi connectivity index (χ4n) is 2.92. The summed E-state index contributed by atoms with van der Waals surface area (Å²) in [5.74, 6) is 0.965. The lowest BCUT2D eigenvalue weighted by molar-refractivity contribution is 0.263. The number of benzene rings is 1. The molecule has 1 unspecified atom stereocenters. The van der Waals surface area contributed by atoms with E-state index in [4.69, 9.17) is 9.47 Å².